The predicted octanol–water partition coefficient (Wildman–Crippen LogP) is 2.08. The summed E-state index contributed by atoms with van der Waals surface area (Å²) in [4.78, 5) is 5.52. The van der Waals surface area contributed by atoms with Crippen LogP contribution >= 0.6 is 11.3 Å². The summed E-state index contributed by atoms with van der Waals surface area (Å²) in [5, 5.41) is 4.54. The van der Waals surface area contributed by atoms with Crippen molar-refractivity contribution in [2.45, 2.75) is 20.0 Å². The van der Waals surface area contributed by atoms with Crippen molar-refractivity contribution >= 4 is 11.3 Å². The number of nitrogens with one attached hydrogen (secondary N) is 1. The number of aryl methyl sites for hydroxylation is 2. The van der Waals surface area contributed by atoms with E-state index in [1.165, 1.54) is 10.6 Å². The van der Waals surface area contributed by atoms with Crippen LogP contribution in [0.25, 0.3) is 0 Å². The Kier molecular flexibility index (Phi) is 3.18. The molecule has 3 nitrogen and oxygen atoms in total. The third kappa shape index (κ3) is 2.67. The first-order chi connectivity index (χ1) is 7.25. The second kappa shape index (κ2) is 4.59. The van der Waals surface area contributed by atoms with Gasteiger partial charge in [-0.1, -0.05) is 0 Å². The highest BCUT2D eigenvalue weighted by atomic mass is 32.1. The average molecular weight is 221 g/mol. The molecule has 0 aliphatic carbocycles. The minimum absolute atomic E-state index is 0.899. The predicted molar refractivity (Wildman–Crippen MR) is 62.8 cm³/mol. The highest BCUT2D eigenvalue weighted by Crippen LogP contribution is 2.11. The number of aromatic nitrogens is 2. The van der Waals surface area contributed by atoms with Gasteiger partial charge in [-0.25, -0.2) is 4.98 Å². The van der Waals surface area contributed by atoms with Crippen LogP contribution in [-0.4, -0.2) is 9.55 Å². The van der Waals surface area contributed by atoms with Gasteiger partial charge in [-0.2, -0.15) is 0 Å². The van der Waals surface area contributed by atoms with Crippen molar-refractivity contribution in [1.82, 2.24) is 14.9 Å². The first-order valence-corrected chi connectivity index (χ1v) is 5.79. The van der Waals surface area contributed by atoms with Crippen molar-refractivity contribution in [3.05, 3.63) is 40.1 Å². The maximum absolute atomic E-state index is 4.22. The molecule has 0 bridgehead atoms. The average Bonchev–Trinajstić information content (AvgIpc) is 2.77. The Balaban J connectivity index is 1.83. The van der Waals surface area contributed by atoms with E-state index >= 15 is 0 Å². The van der Waals surface area contributed by atoms with Crippen LogP contribution in [0, 0.1) is 6.92 Å². The third-order valence-electron chi connectivity index (χ3n) is 2.33. The SMILES string of the molecule is Cc1ncc(CNCc2cccn2C)s1. The number of thiazole rings is 1. The summed E-state index contributed by atoms with van der Waals surface area (Å²) >= 11 is 1.75. The van der Waals surface area contributed by atoms with Gasteiger partial charge in [0.25, 0.3) is 0 Å². The molecule has 0 radical (unpaired) electrons. The Labute approximate surface area is 93.8 Å². The van der Waals surface area contributed by atoms with Crippen molar-refractivity contribution in [2.75, 3.05) is 0 Å². The molecule has 2 aromatic rings. The van der Waals surface area contributed by atoms with Crippen molar-refractivity contribution < 1.29 is 0 Å². The first-order valence-electron chi connectivity index (χ1n) is 4.98. The summed E-state index contributed by atoms with van der Waals surface area (Å²) in [6.45, 7) is 3.84. The lowest BCUT2D eigenvalue weighted by atomic mass is 10.4. The fourth-order valence-corrected chi connectivity index (χ4v) is 2.25. The summed E-state index contributed by atoms with van der Waals surface area (Å²) in [7, 11) is 2.06. The molecule has 4 heteroatoms. The normalized spacial score (nSPS) is 10.8. The van der Waals surface area contributed by atoms with Crippen molar-refractivity contribution in [2.24, 2.45) is 7.05 Å². The minimum atomic E-state index is 0.899. The number of rotatable bonds is 4. The number of nitrogens with zero attached hydrogens (tertiary/aromatic N) is 2. The molecule has 0 aliphatic heterocycles. The zero-order valence-electron chi connectivity index (χ0n) is 9.03. The maximum Gasteiger partial charge on any atom is 0.0897 e. The summed E-state index contributed by atoms with van der Waals surface area (Å²) in [6.07, 6.45) is 4.01. The smallest absolute Gasteiger partial charge is 0.0897 e. The van der Waals surface area contributed by atoms with Gasteiger partial charge in [-0.3, -0.25) is 0 Å². The van der Waals surface area contributed by atoms with E-state index < -0.39 is 0 Å². The van der Waals surface area contributed by atoms with E-state index in [0.717, 1.165) is 18.1 Å². The summed E-state index contributed by atoms with van der Waals surface area (Å²) in [6, 6.07) is 4.19. The van der Waals surface area contributed by atoms with Gasteiger partial charge in [-0.15, -0.1) is 11.3 Å². The van der Waals surface area contributed by atoms with E-state index in [4.69, 9.17) is 0 Å². The molecule has 2 aromatic heterocycles. The van der Waals surface area contributed by atoms with Crippen molar-refractivity contribution in [3.8, 4) is 0 Å². The molecule has 15 heavy (non-hydrogen) atoms. The van der Waals surface area contributed by atoms with Crippen LogP contribution in [-0.2, 0) is 20.1 Å². The van der Waals surface area contributed by atoms with Crippen LogP contribution in [0.15, 0.2) is 24.5 Å². The van der Waals surface area contributed by atoms with Crippen LogP contribution in [0.1, 0.15) is 15.6 Å². The Bertz CT molecular complexity index is 430. The molecular formula is C11H15N3S. The maximum atomic E-state index is 4.22. The Morgan fingerprint density at radius 2 is 2.33 bits per heavy atom. The molecule has 0 spiro atoms. The van der Waals surface area contributed by atoms with E-state index in [-0.39, 0.29) is 0 Å². The van der Waals surface area contributed by atoms with Gasteiger partial charge in [0.1, 0.15) is 0 Å². The zero-order chi connectivity index (χ0) is 10.7. The van der Waals surface area contributed by atoms with Crippen molar-refractivity contribution in [3.63, 3.8) is 0 Å². The largest absolute Gasteiger partial charge is 0.353 e. The van der Waals surface area contributed by atoms with E-state index in [1.807, 2.05) is 13.1 Å². The number of hydrogen-bond donors (Lipinski definition) is 1. The molecule has 0 amide bonds. The van der Waals surface area contributed by atoms with Gasteiger partial charge in [0.2, 0.25) is 0 Å². The number of hydrogen-bond acceptors (Lipinski definition) is 3. The molecule has 0 aromatic carbocycles. The molecular weight excluding hydrogens is 206 g/mol. The standard InChI is InChI=1S/C11H15N3S/c1-9-13-8-11(15-9)7-12-6-10-4-3-5-14(10)2/h3-5,8,12H,6-7H2,1-2H3. The molecule has 0 fully saturated rings. The molecule has 0 saturated carbocycles. The van der Waals surface area contributed by atoms with E-state index in [0.29, 0.717) is 0 Å². The fourth-order valence-electron chi connectivity index (χ4n) is 1.48. The highest BCUT2D eigenvalue weighted by Gasteiger charge is 1.99. The molecule has 80 valence electrons. The van der Waals surface area contributed by atoms with Crippen LogP contribution in [0.4, 0.5) is 0 Å². The Hall–Kier alpha value is -1.13. The van der Waals surface area contributed by atoms with Gasteiger partial charge >= 0.3 is 0 Å². The molecule has 0 saturated heterocycles. The minimum Gasteiger partial charge on any atom is -0.353 e. The summed E-state index contributed by atoms with van der Waals surface area (Å²) in [5.74, 6) is 0. The van der Waals surface area contributed by atoms with E-state index in [9.17, 15) is 0 Å². The lowest BCUT2D eigenvalue weighted by Gasteiger charge is -2.04. The Morgan fingerprint density at radius 3 is 2.93 bits per heavy atom. The van der Waals surface area contributed by atoms with Gasteiger partial charge < -0.3 is 9.88 Å². The lowest BCUT2D eigenvalue weighted by Crippen LogP contribution is -2.13. The molecule has 2 heterocycles. The van der Waals surface area contributed by atoms with Gasteiger partial charge in [0.15, 0.2) is 0 Å². The second-order valence-corrected chi connectivity index (χ2v) is 4.88. The molecule has 1 N–H and O–H groups in total. The topological polar surface area (TPSA) is 29.9 Å². The van der Waals surface area contributed by atoms with Crippen molar-refractivity contribution in [1.29, 1.82) is 0 Å². The fraction of sp³-hybridized carbons (Fsp3) is 0.364. The molecule has 0 atom stereocenters. The molecule has 0 aliphatic rings. The van der Waals surface area contributed by atoms with Gasteiger partial charge in [0.05, 0.1) is 5.01 Å². The molecule has 0 unspecified atom stereocenters. The second-order valence-electron chi connectivity index (χ2n) is 3.56. The summed E-state index contributed by atoms with van der Waals surface area (Å²) < 4.78 is 2.13. The third-order valence-corrected chi connectivity index (χ3v) is 3.24. The van der Waals surface area contributed by atoms with E-state index in [2.05, 4.69) is 40.2 Å². The summed E-state index contributed by atoms with van der Waals surface area (Å²) in [5.41, 5.74) is 1.30. The highest BCUT2D eigenvalue weighted by molar-refractivity contribution is 7.11. The lowest BCUT2D eigenvalue weighted by molar-refractivity contribution is 0.660. The quantitative estimate of drug-likeness (QED) is 0.856. The monoisotopic (exact) mass is 221 g/mol. The van der Waals surface area contributed by atoms with E-state index in [1.54, 1.807) is 11.3 Å². The molecule has 2 rings (SSSR count). The Morgan fingerprint density at radius 1 is 1.47 bits per heavy atom. The van der Waals surface area contributed by atoms with Gasteiger partial charge in [-0.05, 0) is 19.1 Å². The van der Waals surface area contributed by atoms with Crippen LogP contribution in [0.3, 0.4) is 0 Å². The van der Waals surface area contributed by atoms with Crippen LogP contribution in [0.2, 0.25) is 0 Å². The van der Waals surface area contributed by atoms with Crippen LogP contribution in [0.5, 0.6) is 0 Å². The van der Waals surface area contributed by atoms with Gasteiger partial charge in [0, 0.05) is 43.1 Å². The van der Waals surface area contributed by atoms with Crippen LogP contribution < -0.4 is 5.32 Å². The first kappa shape index (κ1) is 10.4. The zero-order valence-corrected chi connectivity index (χ0v) is 9.84.